The summed E-state index contributed by atoms with van der Waals surface area (Å²) in [6.07, 6.45) is -0.149. The van der Waals surface area contributed by atoms with Crippen molar-refractivity contribution in [2.75, 3.05) is 0 Å². The van der Waals surface area contributed by atoms with E-state index in [2.05, 4.69) is 0 Å². The van der Waals surface area contributed by atoms with Crippen molar-refractivity contribution < 1.29 is 14.3 Å². The predicted octanol–water partition coefficient (Wildman–Crippen LogP) is 1.42. The van der Waals surface area contributed by atoms with Crippen LogP contribution in [0.25, 0.3) is 11.0 Å². The molecule has 0 saturated carbocycles. The monoisotopic (exact) mass is 204 g/mol. The minimum absolute atomic E-state index is 0.149. The van der Waals surface area contributed by atoms with Gasteiger partial charge in [-0.2, -0.15) is 0 Å². The largest absolute Gasteiger partial charge is 0.481 e. The zero-order valence-electron chi connectivity index (χ0n) is 7.77. The zero-order valence-corrected chi connectivity index (χ0v) is 7.77. The Morgan fingerprint density at radius 2 is 2.07 bits per heavy atom. The molecular weight excluding hydrogens is 196 g/mol. The molecule has 15 heavy (non-hydrogen) atoms. The molecule has 0 unspecified atom stereocenters. The van der Waals surface area contributed by atoms with Crippen LogP contribution in [0.15, 0.2) is 39.5 Å². The van der Waals surface area contributed by atoms with Gasteiger partial charge < -0.3 is 9.52 Å². The standard InChI is InChI=1S/C11H8O4/c12-9(13)6-8-3-1-2-7-4-5-10(14)15-11(7)8/h1-5H,6H2,(H,12,13). The number of carboxylic acid groups (broad SMARTS) is 1. The van der Waals surface area contributed by atoms with E-state index in [0.717, 1.165) is 5.39 Å². The highest BCUT2D eigenvalue weighted by atomic mass is 16.4. The fourth-order valence-corrected chi connectivity index (χ4v) is 1.45. The Hall–Kier alpha value is -2.10. The lowest BCUT2D eigenvalue weighted by Crippen LogP contribution is -2.02. The Kier molecular flexibility index (Phi) is 2.25. The second kappa shape index (κ2) is 3.57. The molecule has 1 aromatic heterocycles. The van der Waals surface area contributed by atoms with Gasteiger partial charge in [0.15, 0.2) is 0 Å². The molecule has 2 rings (SSSR count). The van der Waals surface area contributed by atoms with E-state index in [1.807, 2.05) is 0 Å². The van der Waals surface area contributed by atoms with Crippen molar-refractivity contribution in [3.63, 3.8) is 0 Å². The molecule has 0 atom stereocenters. The lowest BCUT2D eigenvalue weighted by Gasteiger charge is -2.01. The SMILES string of the molecule is O=C(O)Cc1cccc2ccc(=O)oc12. The summed E-state index contributed by atoms with van der Waals surface area (Å²) in [5.41, 5.74) is 0.394. The summed E-state index contributed by atoms with van der Waals surface area (Å²) in [5.74, 6) is -0.950. The van der Waals surface area contributed by atoms with Crippen molar-refractivity contribution in [1.29, 1.82) is 0 Å². The highest BCUT2D eigenvalue weighted by Crippen LogP contribution is 2.17. The van der Waals surface area contributed by atoms with E-state index in [9.17, 15) is 9.59 Å². The second-order valence-corrected chi connectivity index (χ2v) is 3.16. The van der Waals surface area contributed by atoms with Gasteiger partial charge in [0.25, 0.3) is 0 Å². The minimum Gasteiger partial charge on any atom is -0.481 e. The van der Waals surface area contributed by atoms with Crippen molar-refractivity contribution in [2.24, 2.45) is 0 Å². The molecule has 0 bridgehead atoms. The first kappa shape index (κ1) is 9.45. The zero-order chi connectivity index (χ0) is 10.8. The molecule has 0 amide bonds. The quantitative estimate of drug-likeness (QED) is 0.751. The van der Waals surface area contributed by atoms with Crippen LogP contribution in [0.3, 0.4) is 0 Å². The smallest absolute Gasteiger partial charge is 0.336 e. The van der Waals surface area contributed by atoms with E-state index in [-0.39, 0.29) is 6.42 Å². The number of fused-ring (bicyclic) bond motifs is 1. The molecule has 2 aromatic rings. The summed E-state index contributed by atoms with van der Waals surface area (Å²) in [6.45, 7) is 0. The van der Waals surface area contributed by atoms with Crippen LogP contribution >= 0.6 is 0 Å². The number of rotatable bonds is 2. The average molecular weight is 204 g/mol. The number of aliphatic carboxylic acids is 1. The van der Waals surface area contributed by atoms with Gasteiger partial charge in [-0.15, -0.1) is 0 Å². The summed E-state index contributed by atoms with van der Waals surface area (Å²) in [4.78, 5) is 21.6. The lowest BCUT2D eigenvalue weighted by atomic mass is 10.1. The van der Waals surface area contributed by atoms with Crippen LogP contribution in [0.1, 0.15) is 5.56 Å². The Morgan fingerprint density at radius 3 is 2.80 bits per heavy atom. The fraction of sp³-hybridized carbons (Fsp3) is 0.0909. The van der Waals surface area contributed by atoms with E-state index >= 15 is 0 Å². The van der Waals surface area contributed by atoms with Crippen molar-refractivity contribution in [3.05, 3.63) is 46.3 Å². The molecule has 0 saturated heterocycles. The van der Waals surface area contributed by atoms with E-state index in [1.54, 1.807) is 24.3 Å². The van der Waals surface area contributed by atoms with E-state index in [0.29, 0.717) is 11.1 Å². The molecule has 76 valence electrons. The third-order valence-corrected chi connectivity index (χ3v) is 2.07. The summed E-state index contributed by atoms with van der Waals surface area (Å²) in [7, 11) is 0. The highest BCUT2D eigenvalue weighted by Gasteiger charge is 2.07. The van der Waals surface area contributed by atoms with Crippen LogP contribution in [0, 0.1) is 0 Å². The molecule has 0 aliphatic carbocycles. The topological polar surface area (TPSA) is 67.5 Å². The van der Waals surface area contributed by atoms with Gasteiger partial charge in [-0.3, -0.25) is 4.79 Å². The first-order valence-corrected chi connectivity index (χ1v) is 4.40. The van der Waals surface area contributed by atoms with Crippen LogP contribution in [0.2, 0.25) is 0 Å². The Labute approximate surface area is 84.8 Å². The summed E-state index contributed by atoms with van der Waals surface area (Å²) in [6, 6.07) is 8.07. The number of carboxylic acids is 1. The molecule has 0 spiro atoms. The third-order valence-electron chi connectivity index (χ3n) is 2.07. The van der Waals surface area contributed by atoms with Gasteiger partial charge in [-0.1, -0.05) is 18.2 Å². The van der Waals surface area contributed by atoms with Crippen molar-refractivity contribution in [1.82, 2.24) is 0 Å². The Morgan fingerprint density at radius 1 is 1.27 bits per heavy atom. The van der Waals surface area contributed by atoms with Gasteiger partial charge in [0.05, 0.1) is 6.42 Å². The maximum atomic E-state index is 11.0. The average Bonchev–Trinajstić information content (AvgIpc) is 2.18. The molecule has 1 aromatic carbocycles. The molecule has 1 heterocycles. The molecule has 1 N–H and O–H groups in total. The molecule has 0 radical (unpaired) electrons. The first-order chi connectivity index (χ1) is 7.16. The van der Waals surface area contributed by atoms with Crippen LogP contribution in [0.5, 0.6) is 0 Å². The first-order valence-electron chi connectivity index (χ1n) is 4.40. The number of para-hydroxylation sites is 1. The Balaban J connectivity index is 2.68. The normalized spacial score (nSPS) is 10.4. The fourth-order valence-electron chi connectivity index (χ4n) is 1.45. The van der Waals surface area contributed by atoms with Gasteiger partial charge in [0.2, 0.25) is 0 Å². The van der Waals surface area contributed by atoms with Crippen LogP contribution in [-0.2, 0) is 11.2 Å². The number of hydrogen-bond acceptors (Lipinski definition) is 3. The van der Waals surface area contributed by atoms with E-state index in [1.165, 1.54) is 6.07 Å². The van der Waals surface area contributed by atoms with Crippen LogP contribution < -0.4 is 5.63 Å². The number of hydrogen-bond donors (Lipinski definition) is 1. The maximum Gasteiger partial charge on any atom is 0.336 e. The van der Waals surface area contributed by atoms with Crippen LogP contribution in [0.4, 0.5) is 0 Å². The number of carbonyl (C=O) groups is 1. The molecule has 0 fully saturated rings. The molecule has 0 aliphatic rings. The van der Waals surface area contributed by atoms with Gasteiger partial charge in [0.1, 0.15) is 5.58 Å². The van der Waals surface area contributed by atoms with Crippen molar-refractivity contribution in [2.45, 2.75) is 6.42 Å². The third kappa shape index (κ3) is 1.88. The Bertz CT molecular complexity index is 568. The summed E-state index contributed by atoms with van der Waals surface area (Å²) in [5, 5.41) is 9.41. The molecule has 4 heteroatoms. The van der Waals surface area contributed by atoms with Crippen molar-refractivity contribution in [3.8, 4) is 0 Å². The molecule has 4 nitrogen and oxygen atoms in total. The van der Waals surface area contributed by atoms with Gasteiger partial charge in [-0.25, -0.2) is 4.79 Å². The lowest BCUT2D eigenvalue weighted by molar-refractivity contribution is -0.136. The minimum atomic E-state index is -0.950. The number of benzene rings is 1. The predicted molar refractivity (Wildman–Crippen MR) is 53.8 cm³/mol. The van der Waals surface area contributed by atoms with Crippen molar-refractivity contribution >= 4 is 16.9 Å². The van der Waals surface area contributed by atoms with Gasteiger partial charge in [-0.05, 0) is 6.07 Å². The van der Waals surface area contributed by atoms with Gasteiger partial charge in [0, 0.05) is 17.0 Å². The maximum absolute atomic E-state index is 11.0. The second-order valence-electron chi connectivity index (χ2n) is 3.16. The summed E-state index contributed by atoms with van der Waals surface area (Å²) >= 11 is 0. The van der Waals surface area contributed by atoms with Gasteiger partial charge >= 0.3 is 11.6 Å². The molecule has 0 aliphatic heterocycles. The van der Waals surface area contributed by atoms with E-state index in [4.69, 9.17) is 9.52 Å². The van der Waals surface area contributed by atoms with E-state index < -0.39 is 11.6 Å². The highest BCUT2D eigenvalue weighted by molar-refractivity contribution is 5.83. The van der Waals surface area contributed by atoms with Crippen LogP contribution in [-0.4, -0.2) is 11.1 Å². The molecular formula is C11H8O4. The summed E-state index contributed by atoms with van der Waals surface area (Å²) < 4.78 is 4.97.